The summed E-state index contributed by atoms with van der Waals surface area (Å²) in [6.07, 6.45) is -2.26. The second-order valence-corrected chi connectivity index (χ2v) is 9.42. The molecule has 2 aromatic carbocycles. The van der Waals surface area contributed by atoms with Gasteiger partial charge in [0, 0.05) is 17.8 Å². The van der Waals surface area contributed by atoms with E-state index < -0.39 is 36.3 Å². The molecule has 1 amide bonds. The van der Waals surface area contributed by atoms with Crippen molar-refractivity contribution in [2.75, 3.05) is 0 Å². The van der Waals surface area contributed by atoms with Gasteiger partial charge in [0.2, 0.25) is 0 Å². The maximum absolute atomic E-state index is 13.6. The molecule has 0 fully saturated rings. The Hall–Kier alpha value is -3.07. The van der Waals surface area contributed by atoms with Gasteiger partial charge in [-0.15, -0.1) is 0 Å². The van der Waals surface area contributed by atoms with Crippen LogP contribution in [0.15, 0.2) is 48.5 Å². The van der Waals surface area contributed by atoms with E-state index in [1.807, 2.05) is 19.9 Å². The monoisotopic (exact) mass is 546 g/mol. The summed E-state index contributed by atoms with van der Waals surface area (Å²) in [7, 11) is 0. The minimum absolute atomic E-state index is 0. The molecule has 0 aliphatic carbocycles. The Bertz CT molecular complexity index is 1300. The summed E-state index contributed by atoms with van der Waals surface area (Å²) in [6.45, 7) is 4.06. The predicted molar refractivity (Wildman–Crippen MR) is 144 cm³/mol. The van der Waals surface area contributed by atoms with E-state index in [0.29, 0.717) is 22.5 Å². The van der Waals surface area contributed by atoms with Crippen molar-refractivity contribution >= 4 is 41.4 Å². The van der Waals surface area contributed by atoms with Crippen molar-refractivity contribution in [1.29, 1.82) is 5.26 Å². The van der Waals surface area contributed by atoms with Gasteiger partial charge >= 0.3 is 35.5 Å². The topological polar surface area (TPSA) is 148 Å². The van der Waals surface area contributed by atoms with Crippen molar-refractivity contribution < 1.29 is 29.3 Å². The molecule has 0 radical (unpaired) electrons. The second-order valence-electron chi connectivity index (χ2n) is 9.42. The standard InChI is InChI=1S/C28H31FN4O5.Na.H/c1-17(2)26-24(12-11-22(34)13-23(35)14-25(36)37)33(21-9-7-20(29)8-10-21)32-27(26)28(38)31-16-19-5-3-18(15-30)4-6-19;;/h3-10,17,22-23,34-35H,11-14,16H2,1-2H3,(H,31,38)(H,36,37);;/t22-,23-;;/m1../s1. The first-order chi connectivity index (χ1) is 18.1. The molecular weight excluding hydrogens is 514 g/mol. The molecule has 9 nitrogen and oxygen atoms in total. The first-order valence-corrected chi connectivity index (χ1v) is 12.3. The number of aliphatic hydroxyl groups is 2. The molecule has 11 heteroatoms. The van der Waals surface area contributed by atoms with E-state index in [4.69, 9.17) is 10.4 Å². The third-order valence-corrected chi connectivity index (χ3v) is 6.09. The minimum atomic E-state index is -1.18. The van der Waals surface area contributed by atoms with Crippen LogP contribution in [-0.2, 0) is 17.8 Å². The van der Waals surface area contributed by atoms with Crippen molar-refractivity contribution in [3.8, 4) is 11.8 Å². The number of amides is 1. The van der Waals surface area contributed by atoms with E-state index in [1.54, 1.807) is 41.1 Å². The van der Waals surface area contributed by atoms with Gasteiger partial charge in [-0.1, -0.05) is 26.0 Å². The van der Waals surface area contributed by atoms with Crippen molar-refractivity contribution in [3.63, 3.8) is 0 Å². The molecule has 39 heavy (non-hydrogen) atoms. The third-order valence-electron chi connectivity index (χ3n) is 6.09. The van der Waals surface area contributed by atoms with Crippen LogP contribution in [0.5, 0.6) is 0 Å². The van der Waals surface area contributed by atoms with E-state index in [-0.39, 0.29) is 67.0 Å². The Labute approximate surface area is 248 Å². The van der Waals surface area contributed by atoms with Crippen LogP contribution in [0.25, 0.3) is 5.69 Å². The van der Waals surface area contributed by atoms with Crippen molar-refractivity contribution in [2.45, 2.75) is 64.2 Å². The SMILES string of the molecule is CC(C)c1c(C(=O)NCc2ccc(C#N)cc2)nn(-c2ccc(F)cc2)c1CC[C@@H](O)C[C@@H](O)CC(=O)O.[NaH]. The van der Waals surface area contributed by atoms with Gasteiger partial charge in [0.15, 0.2) is 5.69 Å². The molecule has 0 bridgehead atoms. The Morgan fingerprint density at radius 1 is 1.08 bits per heavy atom. The summed E-state index contributed by atoms with van der Waals surface area (Å²) in [5.41, 5.74) is 3.39. The number of nitrogens with zero attached hydrogens (tertiary/aromatic N) is 3. The Balaban J connectivity index is 0.00000533. The molecule has 1 aromatic heterocycles. The Morgan fingerprint density at radius 3 is 2.28 bits per heavy atom. The van der Waals surface area contributed by atoms with Crippen LogP contribution in [0.4, 0.5) is 4.39 Å². The van der Waals surface area contributed by atoms with Gasteiger partial charge < -0.3 is 20.6 Å². The summed E-state index contributed by atoms with van der Waals surface area (Å²) >= 11 is 0. The number of hydrogen-bond donors (Lipinski definition) is 4. The van der Waals surface area contributed by atoms with E-state index in [1.165, 1.54) is 12.1 Å². The summed E-state index contributed by atoms with van der Waals surface area (Å²) in [5, 5.41) is 45.6. The van der Waals surface area contributed by atoms with Crippen LogP contribution in [0.3, 0.4) is 0 Å². The number of aliphatic hydroxyl groups excluding tert-OH is 2. The molecule has 0 saturated heterocycles. The van der Waals surface area contributed by atoms with E-state index >= 15 is 0 Å². The number of carboxylic acid groups (broad SMARTS) is 1. The van der Waals surface area contributed by atoms with Crippen LogP contribution in [0, 0.1) is 17.1 Å². The summed E-state index contributed by atoms with van der Waals surface area (Å²) in [5.74, 6) is -2.10. The van der Waals surface area contributed by atoms with Crippen LogP contribution < -0.4 is 5.32 Å². The van der Waals surface area contributed by atoms with Gasteiger partial charge in [-0.25, -0.2) is 9.07 Å². The number of rotatable bonds is 12. The van der Waals surface area contributed by atoms with Crippen LogP contribution in [0.2, 0.25) is 0 Å². The average molecular weight is 547 g/mol. The first kappa shape index (κ1) is 32.1. The number of hydrogen-bond acceptors (Lipinski definition) is 6. The number of nitriles is 1. The fourth-order valence-electron chi connectivity index (χ4n) is 4.26. The molecule has 202 valence electrons. The number of aliphatic carboxylic acids is 1. The Morgan fingerprint density at radius 2 is 1.72 bits per heavy atom. The number of aromatic nitrogens is 2. The molecule has 0 aliphatic heterocycles. The number of carbonyl (C=O) groups is 2. The molecule has 1 heterocycles. The molecule has 0 saturated carbocycles. The number of carboxylic acids is 1. The average Bonchev–Trinajstić information content (AvgIpc) is 3.26. The quantitative estimate of drug-likeness (QED) is 0.255. The van der Waals surface area contributed by atoms with Gasteiger partial charge in [0.25, 0.3) is 5.91 Å². The second kappa shape index (κ2) is 14.9. The Kier molecular flexibility index (Phi) is 12.3. The van der Waals surface area contributed by atoms with Crippen molar-refractivity contribution in [2.24, 2.45) is 0 Å². The molecule has 3 aromatic rings. The maximum atomic E-state index is 13.6. The van der Waals surface area contributed by atoms with Crippen LogP contribution >= 0.6 is 0 Å². The van der Waals surface area contributed by atoms with E-state index in [9.17, 15) is 24.2 Å². The van der Waals surface area contributed by atoms with Gasteiger partial charge in [-0.05, 0) is 67.1 Å². The normalized spacial score (nSPS) is 12.3. The molecule has 4 N–H and O–H groups in total. The van der Waals surface area contributed by atoms with Gasteiger partial charge in [0.1, 0.15) is 5.82 Å². The molecule has 3 rings (SSSR count). The number of nitrogens with one attached hydrogen (secondary N) is 1. The zero-order valence-corrected chi connectivity index (χ0v) is 21.3. The predicted octanol–water partition coefficient (Wildman–Crippen LogP) is 2.81. The molecular formula is C28H32FN4NaO5. The summed E-state index contributed by atoms with van der Waals surface area (Å²) in [4.78, 5) is 24.1. The summed E-state index contributed by atoms with van der Waals surface area (Å²) < 4.78 is 15.2. The number of benzene rings is 2. The number of halogens is 1. The third kappa shape index (κ3) is 8.98. The fourth-order valence-corrected chi connectivity index (χ4v) is 4.26. The van der Waals surface area contributed by atoms with Gasteiger partial charge in [0.05, 0.1) is 35.9 Å². The first-order valence-electron chi connectivity index (χ1n) is 12.3. The molecule has 0 aliphatic rings. The fraction of sp³-hybridized carbons (Fsp3) is 0.357. The zero-order chi connectivity index (χ0) is 27.8. The molecule has 2 atom stereocenters. The van der Waals surface area contributed by atoms with Gasteiger partial charge in [-0.3, -0.25) is 9.59 Å². The zero-order valence-electron chi connectivity index (χ0n) is 21.3. The summed E-state index contributed by atoms with van der Waals surface area (Å²) in [6, 6.07) is 14.6. The van der Waals surface area contributed by atoms with Crippen LogP contribution in [0.1, 0.15) is 71.9 Å². The molecule has 0 unspecified atom stereocenters. The van der Waals surface area contributed by atoms with Gasteiger partial charge in [-0.2, -0.15) is 10.4 Å². The molecule has 0 spiro atoms. The number of carbonyl (C=O) groups excluding carboxylic acids is 1. The van der Waals surface area contributed by atoms with Crippen LogP contribution in [-0.4, -0.2) is 78.7 Å². The van der Waals surface area contributed by atoms with E-state index in [0.717, 1.165) is 5.56 Å². The van der Waals surface area contributed by atoms with Crippen molar-refractivity contribution in [3.05, 3.63) is 82.4 Å². The van der Waals surface area contributed by atoms with E-state index in [2.05, 4.69) is 10.4 Å². The van der Waals surface area contributed by atoms with Crippen molar-refractivity contribution in [1.82, 2.24) is 15.1 Å².